The molecule has 0 bridgehead atoms. The van der Waals surface area contributed by atoms with E-state index < -0.39 is 10.0 Å². The smallest absolute Gasteiger partial charge is 0.229 e. The highest BCUT2D eigenvalue weighted by Gasteiger charge is 2.18. The topological polar surface area (TPSA) is 105 Å². The van der Waals surface area contributed by atoms with E-state index in [9.17, 15) is 8.42 Å². The van der Waals surface area contributed by atoms with Crippen LogP contribution in [0.2, 0.25) is 0 Å². The molecule has 0 atom stereocenters. The van der Waals surface area contributed by atoms with Crippen molar-refractivity contribution in [1.82, 2.24) is 9.97 Å². The number of para-hydroxylation sites is 2. The minimum absolute atomic E-state index is 0.414. The van der Waals surface area contributed by atoms with Gasteiger partial charge in [-0.15, -0.1) is 0 Å². The highest BCUT2D eigenvalue weighted by molar-refractivity contribution is 7.92. The number of fused-ring (bicyclic) bond motifs is 4. The zero-order valence-electron chi connectivity index (χ0n) is 18.3. The molecule has 2 aromatic heterocycles. The molecule has 0 spiro atoms. The molecule has 0 fully saturated rings. The van der Waals surface area contributed by atoms with E-state index in [1.807, 2.05) is 42.5 Å². The summed E-state index contributed by atoms with van der Waals surface area (Å²) in [6, 6.07) is 18.8. The van der Waals surface area contributed by atoms with Gasteiger partial charge in [-0.05, 0) is 24.3 Å². The molecule has 0 aliphatic carbocycles. The van der Waals surface area contributed by atoms with Crippen molar-refractivity contribution in [2.45, 2.75) is 0 Å². The maximum Gasteiger partial charge on any atom is 0.229 e. The van der Waals surface area contributed by atoms with Crippen LogP contribution in [-0.4, -0.2) is 38.9 Å². The molecule has 2 heterocycles. The molecular formula is C24H22N4O4S. The van der Waals surface area contributed by atoms with E-state index in [0.717, 1.165) is 44.8 Å². The average Bonchev–Trinajstić information content (AvgIpc) is 3.17. The number of aromatic nitrogens is 2. The second-order valence-corrected chi connectivity index (χ2v) is 9.40. The van der Waals surface area contributed by atoms with Crippen LogP contribution in [0.4, 0.5) is 17.1 Å². The van der Waals surface area contributed by atoms with Crippen molar-refractivity contribution >= 4 is 59.9 Å². The van der Waals surface area contributed by atoms with Gasteiger partial charge in [0.25, 0.3) is 0 Å². The summed E-state index contributed by atoms with van der Waals surface area (Å²) >= 11 is 0. The van der Waals surface area contributed by atoms with Gasteiger partial charge in [-0.25, -0.2) is 13.4 Å². The van der Waals surface area contributed by atoms with E-state index in [1.54, 1.807) is 25.3 Å². The maximum atomic E-state index is 11.6. The van der Waals surface area contributed by atoms with Gasteiger partial charge < -0.3 is 19.8 Å². The molecule has 33 heavy (non-hydrogen) atoms. The molecule has 168 valence electrons. The Hall–Kier alpha value is -3.98. The van der Waals surface area contributed by atoms with Crippen LogP contribution >= 0.6 is 0 Å². The lowest BCUT2D eigenvalue weighted by Gasteiger charge is -2.16. The quantitative estimate of drug-likeness (QED) is 0.328. The Morgan fingerprint density at radius 1 is 0.879 bits per heavy atom. The summed E-state index contributed by atoms with van der Waals surface area (Å²) in [6.45, 7) is 0. The number of hydrogen-bond acceptors (Lipinski definition) is 6. The number of rotatable bonds is 6. The Morgan fingerprint density at radius 2 is 1.64 bits per heavy atom. The highest BCUT2D eigenvalue weighted by atomic mass is 32.2. The fraction of sp³-hybridized carbons (Fsp3) is 0.125. The second kappa shape index (κ2) is 7.86. The average molecular weight is 463 g/mol. The van der Waals surface area contributed by atoms with Crippen LogP contribution in [0.1, 0.15) is 0 Å². The number of sulfonamides is 1. The number of aromatic amines is 1. The predicted octanol–water partition coefficient (Wildman–Crippen LogP) is 5.00. The van der Waals surface area contributed by atoms with Crippen LogP contribution in [0.15, 0.2) is 60.7 Å². The minimum Gasteiger partial charge on any atom is -0.494 e. The number of H-pyrrole nitrogens is 1. The van der Waals surface area contributed by atoms with Gasteiger partial charge >= 0.3 is 0 Å². The van der Waals surface area contributed by atoms with Crippen molar-refractivity contribution in [3.8, 4) is 11.5 Å². The summed E-state index contributed by atoms with van der Waals surface area (Å²) in [6.07, 6.45) is 1.11. The molecule has 0 amide bonds. The Kier molecular flexibility index (Phi) is 4.98. The molecular weight excluding hydrogens is 440 g/mol. The third kappa shape index (κ3) is 3.76. The molecule has 0 saturated carbocycles. The van der Waals surface area contributed by atoms with Gasteiger partial charge in [-0.1, -0.05) is 30.3 Å². The Bertz CT molecular complexity index is 1630. The number of hydrogen-bond donors (Lipinski definition) is 3. The Morgan fingerprint density at radius 3 is 2.39 bits per heavy atom. The van der Waals surface area contributed by atoms with Gasteiger partial charge in [-0.3, -0.25) is 4.72 Å². The van der Waals surface area contributed by atoms with E-state index in [4.69, 9.17) is 14.5 Å². The first-order valence-corrected chi connectivity index (χ1v) is 12.1. The SMILES string of the molecule is COc1cc(NS(C)(=O)=O)ccc1Nc1c2cccc(OC)c2nc2c1[nH]c1ccccc12. The standard InChI is InChI=1S/C24H22N4O4S/c1-31-19-10-6-8-16-21(19)27-22-15-7-4-5-9-17(15)25-24(22)23(16)26-18-12-11-14(13-20(18)32-2)28-33(3,29)30/h4-13,25,28H,1-3H3,(H,26,27). The fourth-order valence-electron chi connectivity index (χ4n) is 4.01. The third-order valence-electron chi connectivity index (χ3n) is 5.40. The van der Waals surface area contributed by atoms with Crippen LogP contribution in [-0.2, 0) is 10.0 Å². The summed E-state index contributed by atoms with van der Waals surface area (Å²) in [7, 11) is -0.244. The van der Waals surface area contributed by atoms with Gasteiger partial charge in [0.05, 0.1) is 48.6 Å². The molecule has 0 aliphatic rings. The largest absolute Gasteiger partial charge is 0.494 e. The summed E-state index contributed by atoms with van der Waals surface area (Å²) in [5.74, 6) is 1.16. The molecule has 0 saturated heterocycles. The second-order valence-electron chi connectivity index (χ2n) is 7.65. The molecule has 3 N–H and O–H groups in total. The molecule has 3 aromatic carbocycles. The molecule has 0 unspecified atom stereocenters. The Labute approximate surface area is 190 Å². The van der Waals surface area contributed by atoms with Crippen LogP contribution in [0, 0.1) is 0 Å². The van der Waals surface area contributed by atoms with E-state index >= 15 is 0 Å². The van der Waals surface area contributed by atoms with Gasteiger partial charge in [-0.2, -0.15) is 0 Å². The first kappa shape index (κ1) is 20.9. The number of benzene rings is 3. The number of ether oxygens (including phenoxy) is 2. The van der Waals surface area contributed by atoms with Crippen molar-refractivity contribution < 1.29 is 17.9 Å². The van der Waals surface area contributed by atoms with Gasteiger partial charge in [0.2, 0.25) is 10.0 Å². The van der Waals surface area contributed by atoms with E-state index in [1.165, 1.54) is 7.11 Å². The molecule has 0 radical (unpaired) electrons. The number of nitrogens with one attached hydrogen (secondary N) is 3. The third-order valence-corrected chi connectivity index (χ3v) is 6.01. The van der Waals surface area contributed by atoms with Gasteiger partial charge in [0.15, 0.2) is 0 Å². The Balaban J connectivity index is 1.75. The van der Waals surface area contributed by atoms with Crippen molar-refractivity contribution in [1.29, 1.82) is 0 Å². The van der Waals surface area contributed by atoms with Crippen LogP contribution in [0.25, 0.3) is 32.8 Å². The summed E-state index contributed by atoms with van der Waals surface area (Å²) in [4.78, 5) is 8.41. The van der Waals surface area contributed by atoms with E-state index in [2.05, 4.69) is 15.0 Å². The normalized spacial score (nSPS) is 11.7. The van der Waals surface area contributed by atoms with Crippen molar-refractivity contribution in [2.75, 3.05) is 30.5 Å². The van der Waals surface area contributed by atoms with Crippen LogP contribution < -0.4 is 19.5 Å². The lowest BCUT2D eigenvalue weighted by Crippen LogP contribution is -2.09. The molecule has 5 aromatic rings. The molecule has 9 heteroatoms. The van der Waals surface area contributed by atoms with Crippen LogP contribution in [0.5, 0.6) is 11.5 Å². The zero-order chi connectivity index (χ0) is 23.2. The van der Waals surface area contributed by atoms with Crippen LogP contribution in [0.3, 0.4) is 0 Å². The van der Waals surface area contributed by atoms with Crippen molar-refractivity contribution in [2.24, 2.45) is 0 Å². The van der Waals surface area contributed by atoms with Crippen molar-refractivity contribution in [3.63, 3.8) is 0 Å². The number of anilines is 3. The summed E-state index contributed by atoms with van der Waals surface area (Å²) < 4.78 is 36.9. The predicted molar refractivity (Wildman–Crippen MR) is 132 cm³/mol. The van der Waals surface area contributed by atoms with Crippen molar-refractivity contribution in [3.05, 3.63) is 60.7 Å². The van der Waals surface area contributed by atoms with E-state index in [-0.39, 0.29) is 0 Å². The van der Waals surface area contributed by atoms with Gasteiger partial charge in [0.1, 0.15) is 17.0 Å². The lowest BCUT2D eigenvalue weighted by molar-refractivity contribution is 0.417. The molecule has 8 nitrogen and oxygen atoms in total. The zero-order valence-corrected chi connectivity index (χ0v) is 19.1. The summed E-state index contributed by atoms with van der Waals surface area (Å²) in [5, 5.41) is 5.35. The first-order valence-electron chi connectivity index (χ1n) is 10.2. The molecule has 5 rings (SSSR count). The number of nitrogens with zero attached hydrogens (tertiary/aromatic N) is 1. The van der Waals surface area contributed by atoms with Gasteiger partial charge in [0, 0.05) is 22.4 Å². The highest BCUT2D eigenvalue weighted by Crippen LogP contribution is 2.40. The minimum atomic E-state index is -3.41. The maximum absolute atomic E-state index is 11.6. The number of pyridine rings is 1. The monoisotopic (exact) mass is 462 g/mol. The fourth-order valence-corrected chi connectivity index (χ4v) is 4.57. The summed E-state index contributed by atoms with van der Waals surface area (Å²) in [5.41, 5.74) is 5.26. The number of methoxy groups -OCH3 is 2. The molecule has 0 aliphatic heterocycles. The van der Waals surface area contributed by atoms with E-state index in [0.29, 0.717) is 22.9 Å². The first-order chi connectivity index (χ1) is 15.9. The lowest BCUT2D eigenvalue weighted by atomic mass is 10.1.